The third kappa shape index (κ3) is 2.00. The van der Waals surface area contributed by atoms with Crippen LogP contribution in [0.2, 0.25) is 0 Å². The minimum Gasteiger partial charge on any atom is -0.284 e. The molecule has 1 aliphatic heterocycles. The summed E-state index contributed by atoms with van der Waals surface area (Å²) in [5.41, 5.74) is 0. The van der Waals surface area contributed by atoms with Gasteiger partial charge in [-0.15, -0.1) is 0 Å². The molecule has 0 aromatic carbocycles. The molecule has 0 amide bonds. The molecule has 2 heteroatoms. The summed E-state index contributed by atoms with van der Waals surface area (Å²) < 4.78 is 0. The molecule has 0 aromatic heterocycles. The summed E-state index contributed by atoms with van der Waals surface area (Å²) >= 11 is 0. The normalized spacial score (nSPS) is 29.6. The van der Waals surface area contributed by atoms with E-state index < -0.39 is 0 Å². The second-order valence-corrected chi connectivity index (χ2v) is 2.85. The predicted molar refractivity (Wildman–Crippen MR) is 40.5 cm³/mol. The lowest BCUT2D eigenvalue weighted by Crippen LogP contribution is -2.01. The average molecular weight is 138 g/mol. The quantitative estimate of drug-likeness (QED) is 0.433. The summed E-state index contributed by atoms with van der Waals surface area (Å²) in [6, 6.07) is 2.50. The van der Waals surface area contributed by atoms with Crippen molar-refractivity contribution in [2.75, 3.05) is 13.1 Å². The van der Waals surface area contributed by atoms with Crippen molar-refractivity contribution in [2.45, 2.75) is 32.2 Å². The Kier molecular flexibility index (Phi) is 2.70. The number of rotatable bonds is 4. The molecule has 10 heavy (non-hydrogen) atoms. The minimum absolute atomic E-state index is 0.261. The third-order valence-electron chi connectivity index (χ3n) is 1.91. The molecule has 1 fully saturated rings. The molecule has 2 nitrogen and oxygen atoms in total. The van der Waals surface area contributed by atoms with E-state index in [2.05, 4.69) is 17.9 Å². The van der Waals surface area contributed by atoms with E-state index in [4.69, 9.17) is 5.26 Å². The van der Waals surface area contributed by atoms with Crippen LogP contribution in [0.1, 0.15) is 26.2 Å². The van der Waals surface area contributed by atoms with Crippen molar-refractivity contribution in [3.63, 3.8) is 0 Å². The number of nitriles is 1. The number of unbranched alkanes of at least 4 members (excludes halogenated alkanes) is 2. The van der Waals surface area contributed by atoms with Gasteiger partial charge in [-0.25, -0.2) is 0 Å². The van der Waals surface area contributed by atoms with Crippen LogP contribution in [0.15, 0.2) is 0 Å². The number of nitrogens with zero attached hydrogens (tertiary/aromatic N) is 2. The second-order valence-electron chi connectivity index (χ2n) is 2.85. The van der Waals surface area contributed by atoms with Gasteiger partial charge in [0, 0.05) is 6.54 Å². The average Bonchev–Trinajstić information content (AvgIpc) is 2.68. The van der Waals surface area contributed by atoms with Gasteiger partial charge >= 0.3 is 0 Å². The Morgan fingerprint density at radius 3 is 2.90 bits per heavy atom. The Morgan fingerprint density at radius 2 is 2.40 bits per heavy atom. The molecule has 56 valence electrons. The van der Waals surface area contributed by atoms with Crippen LogP contribution in [0.4, 0.5) is 0 Å². The molecule has 1 saturated heterocycles. The van der Waals surface area contributed by atoms with Crippen LogP contribution in [-0.2, 0) is 0 Å². The molecule has 0 N–H and O–H groups in total. The van der Waals surface area contributed by atoms with E-state index in [1.807, 2.05) is 0 Å². The molecular weight excluding hydrogens is 124 g/mol. The van der Waals surface area contributed by atoms with Gasteiger partial charge in [-0.2, -0.15) is 5.26 Å². The zero-order chi connectivity index (χ0) is 7.40. The highest BCUT2D eigenvalue weighted by Gasteiger charge is 2.32. The maximum atomic E-state index is 8.44. The Hall–Kier alpha value is -0.550. The van der Waals surface area contributed by atoms with Gasteiger partial charge < -0.3 is 0 Å². The van der Waals surface area contributed by atoms with Gasteiger partial charge in [0.15, 0.2) is 0 Å². The molecule has 1 rings (SSSR count). The SMILES string of the molecule is CCCCCN1CC1C#N. The lowest BCUT2D eigenvalue weighted by molar-refractivity contribution is 0.500. The van der Waals surface area contributed by atoms with E-state index >= 15 is 0 Å². The van der Waals surface area contributed by atoms with E-state index in [-0.39, 0.29) is 6.04 Å². The predicted octanol–water partition coefficient (Wildman–Crippen LogP) is 1.38. The van der Waals surface area contributed by atoms with Crippen molar-refractivity contribution in [3.05, 3.63) is 0 Å². The van der Waals surface area contributed by atoms with Gasteiger partial charge in [0.1, 0.15) is 6.04 Å². The fourth-order valence-corrected chi connectivity index (χ4v) is 1.11. The molecule has 2 atom stereocenters. The lowest BCUT2D eigenvalue weighted by atomic mass is 10.2. The number of hydrogen-bond donors (Lipinski definition) is 0. The number of hydrogen-bond acceptors (Lipinski definition) is 2. The first-order chi connectivity index (χ1) is 4.88. The standard InChI is InChI=1S/C8H14N2/c1-2-3-4-5-10-7-8(10)6-9/h8H,2-5,7H2,1H3. The van der Waals surface area contributed by atoms with Gasteiger partial charge in [-0.05, 0) is 13.0 Å². The van der Waals surface area contributed by atoms with Crippen LogP contribution in [0, 0.1) is 11.3 Å². The van der Waals surface area contributed by atoms with Crippen LogP contribution in [-0.4, -0.2) is 24.0 Å². The highest BCUT2D eigenvalue weighted by molar-refractivity contribution is 5.05. The molecule has 1 heterocycles. The van der Waals surface area contributed by atoms with Crippen molar-refractivity contribution in [2.24, 2.45) is 0 Å². The van der Waals surface area contributed by atoms with Crippen LogP contribution < -0.4 is 0 Å². The summed E-state index contributed by atoms with van der Waals surface area (Å²) in [5, 5.41) is 8.44. The smallest absolute Gasteiger partial charge is 0.111 e. The zero-order valence-corrected chi connectivity index (χ0v) is 6.51. The topological polar surface area (TPSA) is 26.8 Å². The zero-order valence-electron chi connectivity index (χ0n) is 6.51. The van der Waals surface area contributed by atoms with Gasteiger partial charge in [0.25, 0.3) is 0 Å². The summed E-state index contributed by atoms with van der Waals surface area (Å²) in [7, 11) is 0. The van der Waals surface area contributed by atoms with E-state index in [1.54, 1.807) is 0 Å². The molecule has 0 spiro atoms. The van der Waals surface area contributed by atoms with E-state index in [0.717, 1.165) is 13.1 Å². The largest absolute Gasteiger partial charge is 0.284 e. The summed E-state index contributed by atoms with van der Waals surface area (Å²) in [6.45, 7) is 4.34. The van der Waals surface area contributed by atoms with Crippen molar-refractivity contribution >= 4 is 0 Å². The van der Waals surface area contributed by atoms with E-state index in [1.165, 1.54) is 19.3 Å². The second kappa shape index (κ2) is 3.58. The molecular formula is C8H14N2. The molecule has 0 aliphatic carbocycles. The Balaban J connectivity index is 1.93. The summed E-state index contributed by atoms with van der Waals surface area (Å²) in [5.74, 6) is 0. The summed E-state index contributed by atoms with van der Waals surface area (Å²) in [6.07, 6.45) is 3.83. The van der Waals surface area contributed by atoms with Crippen molar-refractivity contribution < 1.29 is 0 Å². The third-order valence-corrected chi connectivity index (χ3v) is 1.91. The first-order valence-electron chi connectivity index (χ1n) is 4.02. The lowest BCUT2D eigenvalue weighted by Gasteiger charge is -1.97. The van der Waals surface area contributed by atoms with E-state index in [9.17, 15) is 0 Å². The van der Waals surface area contributed by atoms with Crippen molar-refractivity contribution in [1.29, 1.82) is 5.26 Å². The molecule has 0 radical (unpaired) electrons. The molecule has 1 aliphatic rings. The van der Waals surface area contributed by atoms with Crippen LogP contribution in [0.3, 0.4) is 0 Å². The van der Waals surface area contributed by atoms with Gasteiger partial charge in [-0.1, -0.05) is 19.8 Å². The molecule has 0 saturated carbocycles. The molecule has 2 unspecified atom stereocenters. The monoisotopic (exact) mass is 138 g/mol. The first-order valence-corrected chi connectivity index (χ1v) is 4.02. The van der Waals surface area contributed by atoms with Crippen molar-refractivity contribution in [1.82, 2.24) is 4.90 Å². The van der Waals surface area contributed by atoms with E-state index in [0.29, 0.717) is 0 Å². The fourth-order valence-electron chi connectivity index (χ4n) is 1.11. The molecule has 0 bridgehead atoms. The molecule has 0 aromatic rings. The van der Waals surface area contributed by atoms with Crippen LogP contribution in [0.25, 0.3) is 0 Å². The first kappa shape index (κ1) is 7.56. The highest BCUT2D eigenvalue weighted by Crippen LogP contribution is 2.16. The van der Waals surface area contributed by atoms with Gasteiger partial charge in [0.2, 0.25) is 0 Å². The maximum absolute atomic E-state index is 8.44. The van der Waals surface area contributed by atoms with Gasteiger partial charge in [-0.3, -0.25) is 4.90 Å². The summed E-state index contributed by atoms with van der Waals surface area (Å²) in [4.78, 5) is 2.22. The van der Waals surface area contributed by atoms with Crippen molar-refractivity contribution in [3.8, 4) is 6.07 Å². The Labute approximate surface area is 62.4 Å². The highest BCUT2D eigenvalue weighted by atomic mass is 15.3. The Bertz CT molecular complexity index is 137. The van der Waals surface area contributed by atoms with Crippen LogP contribution >= 0.6 is 0 Å². The van der Waals surface area contributed by atoms with Crippen LogP contribution in [0.5, 0.6) is 0 Å². The fraction of sp³-hybridized carbons (Fsp3) is 0.875. The minimum atomic E-state index is 0.261. The Morgan fingerprint density at radius 1 is 1.60 bits per heavy atom. The maximum Gasteiger partial charge on any atom is 0.111 e. The van der Waals surface area contributed by atoms with Gasteiger partial charge in [0.05, 0.1) is 6.07 Å².